The molecule has 0 unspecified atom stereocenters. The van der Waals surface area contributed by atoms with E-state index in [2.05, 4.69) is 17.4 Å². The lowest BCUT2D eigenvalue weighted by Gasteiger charge is -2.37. The summed E-state index contributed by atoms with van der Waals surface area (Å²) in [6, 6.07) is 19.4. The standard InChI is InChI=1S/C22H26N2O3/c1-27-13-12-23-21(25)20-14-19(17-8-4-2-5-9-17)15-24(16-20)22(26)18-10-6-3-7-11-18/h2-11,19-20H,12-16H2,1H3,(H,23,25)/t19-,20-/m0/s1. The number of nitrogens with one attached hydrogen (secondary N) is 1. The Kier molecular flexibility index (Phi) is 6.60. The second kappa shape index (κ2) is 9.33. The molecule has 0 bridgehead atoms. The van der Waals surface area contributed by atoms with Gasteiger partial charge in [0.2, 0.25) is 5.91 Å². The Hall–Kier alpha value is -2.66. The molecule has 1 N–H and O–H groups in total. The monoisotopic (exact) mass is 366 g/mol. The van der Waals surface area contributed by atoms with Crippen LogP contribution >= 0.6 is 0 Å². The van der Waals surface area contributed by atoms with Crippen molar-refractivity contribution in [1.29, 1.82) is 0 Å². The third-order valence-electron chi connectivity index (χ3n) is 5.01. The number of carbonyl (C=O) groups excluding carboxylic acids is 2. The van der Waals surface area contributed by atoms with Gasteiger partial charge in [-0.2, -0.15) is 0 Å². The summed E-state index contributed by atoms with van der Waals surface area (Å²) in [5, 5.41) is 2.92. The molecular weight excluding hydrogens is 340 g/mol. The topological polar surface area (TPSA) is 58.6 Å². The number of benzene rings is 2. The Labute approximate surface area is 160 Å². The highest BCUT2D eigenvalue weighted by atomic mass is 16.5. The molecule has 1 fully saturated rings. The molecular formula is C22H26N2O3. The lowest BCUT2D eigenvalue weighted by molar-refractivity contribution is -0.126. The molecule has 1 heterocycles. The zero-order chi connectivity index (χ0) is 19.1. The van der Waals surface area contributed by atoms with Crippen molar-refractivity contribution in [3.05, 3.63) is 71.8 Å². The van der Waals surface area contributed by atoms with Crippen LogP contribution in [0.5, 0.6) is 0 Å². The van der Waals surface area contributed by atoms with E-state index < -0.39 is 0 Å². The summed E-state index contributed by atoms with van der Waals surface area (Å²) in [6.45, 7) is 2.02. The minimum atomic E-state index is -0.228. The van der Waals surface area contributed by atoms with Crippen LogP contribution in [-0.2, 0) is 9.53 Å². The third kappa shape index (κ3) is 4.95. The van der Waals surface area contributed by atoms with Crippen molar-refractivity contribution in [2.24, 2.45) is 5.92 Å². The first-order chi connectivity index (χ1) is 13.2. The summed E-state index contributed by atoms with van der Waals surface area (Å²) in [5.41, 5.74) is 1.82. The summed E-state index contributed by atoms with van der Waals surface area (Å²) in [4.78, 5) is 27.4. The number of carbonyl (C=O) groups is 2. The van der Waals surface area contributed by atoms with Gasteiger partial charge in [-0.3, -0.25) is 9.59 Å². The summed E-state index contributed by atoms with van der Waals surface area (Å²) < 4.78 is 5.01. The predicted molar refractivity (Wildman–Crippen MR) is 105 cm³/mol. The highest BCUT2D eigenvalue weighted by Crippen LogP contribution is 2.31. The van der Waals surface area contributed by atoms with Crippen molar-refractivity contribution in [2.45, 2.75) is 12.3 Å². The molecule has 142 valence electrons. The third-order valence-corrected chi connectivity index (χ3v) is 5.01. The van der Waals surface area contributed by atoms with E-state index in [1.54, 1.807) is 7.11 Å². The molecule has 0 aliphatic carbocycles. The first kappa shape index (κ1) is 19.1. The number of hydrogen-bond donors (Lipinski definition) is 1. The van der Waals surface area contributed by atoms with Gasteiger partial charge in [-0.25, -0.2) is 0 Å². The minimum absolute atomic E-state index is 0.0152. The van der Waals surface area contributed by atoms with E-state index in [0.717, 1.165) is 12.0 Å². The molecule has 2 amide bonds. The Morgan fingerprint density at radius 3 is 2.37 bits per heavy atom. The van der Waals surface area contributed by atoms with Crippen molar-refractivity contribution in [1.82, 2.24) is 10.2 Å². The van der Waals surface area contributed by atoms with E-state index in [9.17, 15) is 9.59 Å². The number of rotatable bonds is 6. The fraction of sp³-hybridized carbons (Fsp3) is 0.364. The first-order valence-corrected chi connectivity index (χ1v) is 9.35. The number of amides is 2. The van der Waals surface area contributed by atoms with Crippen LogP contribution in [0.25, 0.3) is 0 Å². The van der Waals surface area contributed by atoms with Crippen LogP contribution in [0.3, 0.4) is 0 Å². The summed E-state index contributed by atoms with van der Waals surface area (Å²) in [7, 11) is 1.61. The van der Waals surface area contributed by atoms with Crippen LogP contribution < -0.4 is 5.32 Å². The molecule has 3 rings (SSSR count). The number of piperidine rings is 1. The molecule has 1 aliphatic heterocycles. The van der Waals surface area contributed by atoms with E-state index in [1.807, 2.05) is 53.4 Å². The van der Waals surface area contributed by atoms with Gasteiger partial charge >= 0.3 is 0 Å². The van der Waals surface area contributed by atoms with Crippen LogP contribution in [-0.4, -0.2) is 50.1 Å². The fourth-order valence-electron chi connectivity index (χ4n) is 3.61. The molecule has 2 atom stereocenters. The van der Waals surface area contributed by atoms with Crippen LogP contribution in [0, 0.1) is 5.92 Å². The van der Waals surface area contributed by atoms with Gasteiger partial charge in [0.25, 0.3) is 5.91 Å². The quantitative estimate of drug-likeness (QED) is 0.800. The molecule has 2 aromatic carbocycles. The highest BCUT2D eigenvalue weighted by molar-refractivity contribution is 5.94. The second-order valence-electron chi connectivity index (χ2n) is 6.90. The minimum Gasteiger partial charge on any atom is -0.383 e. The molecule has 1 saturated heterocycles. The average Bonchev–Trinajstić information content (AvgIpc) is 2.74. The van der Waals surface area contributed by atoms with Crippen LogP contribution in [0.15, 0.2) is 60.7 Å². The Bertz CT molecular complexity index is 749. The van der Waals surface area contributed by atoms with Crippen molar-refractivity contribution in [3.63, 3.8) is 0 Å². The van der Waals surface area contributed by atoms with Gasteiger partial charge in [-0.05, 0) is 24.1 Å². The van der Waals surface area contributed by atoms with Crippen LogP contribution in [0.4, 0.5) is 0 Å². The van der Waals surface area contributed by atoms with Crippen LogP contribution in [0.2, 0.25) is 0 Å². The zero-order valence-electron chi connectivity index (χ0n) is 15.6. The molecule has 0 radical (unpaired) electrons. The summed E-state index contributed by atoms with van der Waals surface area (Å²) in [5.74, 6) is -0.122. The van der Waals surface area contributed by atoms with Gasteiger partial charge in [-0.1, -0.05) is 48.5 Å². The van der Waals surface area contributed by atoms with Gasteiger partial charge in [-0.15, -0.1) is 0 Å². The molecule has 27 heavy (non-hydrogen) atoms. The normalized spacial score (nSPS) is 19.5. The smallest absolute Gasteiger partial charge is 0.253 e. The van der Waals surface area contributed by atoms with Crippen molar-refractivity contribution >= 4 is 11.8 Å². The maximum atomic E-state index is 13.0. The van der Waals surface area contributed by atoms with Gasteiger partial charge in [0, 0.05) is 38.2 Å². The Morgan fingerprint density at radius 2 is 1.70 bits per heavy atom. The van der Waals surface area contributed by atoms with E-state index in [0.29, 0.717) is 31.8 Å². The van der Waals surface area contributed by atoms with Crippen LogP contribution in [0.1, 0.15) is 28.3 Å². The number of likely N-dealkylation sites (tertiary alicyclic amines) is 1. The van der Waals surface area contributed by atoms with Gasteiger partial charge < -0.3 is 15.0 Å². The predicted octanol–water partition coefficient (Wildman–Crippen LogP) is 2.70. The van der Waals surface area contributed by atoms with Crippen molar-refractivity contribution in [3.8, 4) is 0 Å². The molecule has 5 nitrogen and oxygen atoms in total. The fourth-order valence-corrected chi connectivity index (χ4v) is 3.61. The Balaban J connectivity index is 1.78. The first-order valence-electron chi connectivity index (χ1n) is 9.35. The van der Waals surface area contributed by atoms with Gasteiger partial charge in [0.05, 0.1) is 12.5 Å². The van der Waals surface area contributed by atoms with Crippen molar-refractivity contribution < 1.29 is 14.3 Å². The molecule has 0 saturated carbocycles. The van der Waals surface area contributed by atoms with Gasteiger partial charge in [0.1, 0.15) is 0 Å². The average molecular weight is 366 g/mol. The molecule has 1 aliphatic rings. The summed E-state index contributed by atoms with van der Waals surface area (Å²) in [6.07, 6.45) is 0.737. The van der Waals surface area contributed by atoms with E-state index >= 15 is 0 Å². The summed E-state index contributed by atoms with van der Waals surface area (Å²) >= 11 is 0. The molecule has 5 heteroatoms. The number of methoxy groups -OCH3 is 1. The van der Waals surface area contributed by atoms with E-state index in [1.165, 1.54) is 0 Å². The maximum Gasteiger partial charge on any atom is 0.253 e. The Morgan fingerprint density at radius 1 is 1.04 bits per heavy atom. The van der Waals surface area contributed by atoms with E-state index in [-0.39, 0.29) is 23.7 Å². The zero-order valence-corrected chi connectivity index (χ0v) is 15.6. The van der Waals surface area contributed by atoms with Crippen molar-refractivity contribution in [2.75, 3.05) is 33.4 Å². The van der Waals surface area contributed by atoms with E-state index in [4.69, 9.17) is 4.74 Å². The largest absolute Gasteiger partial charge is 0.383 e. The SMILES string of the molecule is COCCNC(=O)[C@H]1C[C@H](c2ccccc2)CN(C(=O)c2ccccc2)C1. The highest BCUT2D eigenvalue weighted by Gasteiger charge is 2.34. The van der Waals surface area contributed by atoms with Gasteiger partial charge in [0.15, 0.2) is 0 Å². The maximum absolute atomic E-state index is 13.0. The second-order valence-corrected chi connectivity index (χ2v) is 6.90. The lowest BCUT2D eigenvalue weighted by atomic mass is 9.83. The number of nitrogens with zero attached hydrogens (tertiary/aromatic N) is 1. The molecule has 0 spiro atoms. The lowest BCUT2D eigenvalue weighted by Crippen LogP contribution is -2.48. The molecule has 2 aromatic rings. The number of hydrogen-bond acceptors (Lipinski definition) is 3. The molecule has 0 aromatic heterocycles. The number of ether oxygens (including phenoxy) is 1.